The number of tetrazole rings is 1. The number of hydrogen-bond donors (Lipinski definition) is 1. The van der Waals surface area contributed by atoms with E-state index in [1.165, 1.54) is 17.7 Å². The summed E-state index contributed by atoms with van der Waals surface area (Å²) in [6.07, 6.45) is 2.98. The summed E-state index contributed by atoms with van der Waals surface area (Å²) in [6, 6.07) is 14.3. The number of pyridine rings is 1. The van der Waals surface area contributed by atoms with Crippen molar-refractivity contribution >= 4 is 16.6 Å². The van der Waals surface area contributed by atoms with Gasteiger partial charge in [0.15, 0.2) is 5.82 Å². The second-order valence-electron chi connectivity index (χ2n) is 10.1. The number of fused-ring (bicyclic) bond motifs is 1. The van der Waals surface area contributed by atoms with Crippen molar-refractivity contribution in [3.05, 3.63) is 81.7 Å². The molecule has 2 aliphatic heterocycles. The molecule has 9 nitrogen and oxygen atoms in total. The Kier molecular flexibility index (Phi) is 6.90. The van der Waals surface area contributed by atoms with Crippen LogP contribution in [0.3, 0.4) is 0 Å². The number of rotatable bonds is 7. The number of aryl methyl sites for hydroxylation is 1. The van der Waals surface area contributed by atoms with Crippen LogP contribution in [0.25, 0.3) is 10.9 Å². The van der Waals surface area contributed by atoms with Crippen molar-refractivity contribution in [2.75, 3.05) is 37.7 Å². The highest BCUT2D eigenvalue weighted by atomic mass is 19.1. The number of halogens is 1. The maximum atomic E-state index is 13.5. The van der Waals surface area contributed by atoms with E-state index in [0.717, 1.165) is 55.5 Å². The molecular formula is C28H32FN7O2. The first kappa shape index (κ1) is 24.7. The Labute approximate surface area is 220 Å². The highest BCUT2D eigenvalue weighted by Gasteiger charge is 2.33. The molecule has 4 aromatic rings. The van der Waals surface area contributed by atoms with Crippen LogP contribution < -0.4 is 10.5 Å². The summed E-state index contributed by atoms with van der Waals surface area (Å²) in [5.41, 5.74) is 3.50. The van der Waals surface area contributed by atoms with Crippen molar-refractivity contribution in [2.24, 2.45) is 0 Å². The first-order valence-corrected chi connectivity index (χ1v) is 13.4. The molecule has 10 heteroatoms. The Bertz CT molecular complexity index is 1450. The van der Waals surface area contributed by atoms with Gasteiger partial charge in [-0.3, -0.25) is 9.69 Å². The number of nitrogens with one attached hydrogen (secondary N) is 1. The van der Waals surface area contributed by atoms with Gasteiger partial charge in [-0.15, -0.1) is 5.10 Å². The Morgan fingerprint density at radius 1 is 1.11 bits per heavy atom. The van der Waals surface area contributed by atoms with Gasteiger partial charge < -0.3 is 14.6 Å². The molecule has 38 heavy (non-hydrogen) atoms. The minimum absolute atomic E-state index is 0.0650. The zero-order valence-electron chi connectivity index (χ0n) is 21.5. The van der Waals surface area contributed by atoms with Gasteiger partial charge in [0.2, 0.25) is 0 Å². The Morgan fingerprint density at radius 2 is 1.92 bits per heavy atom. The summed E-state index contributed by atoms with van der Waals surface area (Å²) in [7, 11) is 0. The number of anilines is 1. The van der Waals surface area contributed by atoms with E-state index in [4.69, 9.17) is 4.74 Å². The van der Waals surface area contributed by atoms with E-state index >= 15 is 0 Å². The molecule has 0 saturated carbocycles. The van der Waals surface area contributed by atoms with Crippen LogP contribution in [-0.2, 0) is 17.7 Å². The summed E-state index contributed by atoms with van der Waals surface area (Å²) >= 11 is 0. The lowest BCUT2D eigenvalue weighted by atomic mass is 10.0. The molecule has 4 heterocycles. The van der Waals surface area contributed by atoms with E-state index in [0.29, 0.717) is 31.0 Å². The molecule has 2 atom stereocenters. The molecule has 0 aliphatic carbocycles. The second kappa shape index (κ2) is 10.6. The molecule has 1 N–H and O–H groups in total. The fourth-order valence-electron chi connectivity index (χ4n) is 5.60. The third-order valence-electron chi connectivity index (χ3n) is 7.72. The van der Waals surface area contributed by atoms with Gasteiger partial charge in [0.25, 0.3) is 5.56 Å². The molecule has 2 aliphatic rings. The smallest absolute Gasteiger partial charge is 0.253 e. The molecule has 0 amide bonds. The average Bonchev–Trinajstić information content (AvgIpc) is 3.63. The van der Waals surface area contributed by atoms with Gasteiger partial charge in [-0.1, -0.05) is 13.0 Å². The zero-order chi connectivity index (χ0) is 26.1. The van der Waals surface area contributed by atoms with Crippen molar-refractivity contribution in [2.45, 2.75) is 44.9 Å². The summed E-state index contributed by atoms with van der Waals surface area (Å²) in [4.78, 5) is 21.1. The number of ether oxygens (including phenoxy) is 1. The molecular weight excluding hydrogens is 485 g/mol. The van der Waals surface area contributed by atoms with Crippen molar-refractivity contribution < 1.29 is 9.13 Å². The normalized spacial score (nSPS) is 19.3. The number of aromatic nitrogens is 5. The largest absolute Gasteiger partial charge is 0.376 e. The minimum Gasteiger partial charge on any atom is -0.376 e. The summed E-state index contributed by atoms with van der Waals surface area (Å²) < 4.78 is 21.1. The minimum atomic E-state index is -0.416. The molecule has 2 fully saturated rings. The predicted molar refractivity (Wildman–Crippen MR) is 143 cm³/mol. The molecule has 0 bridgehead atoms. The number of hydrogen-bond acceptors (Lipinski definition) is 7. The van der Waals surface area contributed by atoms with E-state index in [9.17, 15) is 9.18 Å². The highest BCUT2D eigenvalue weighted by molar-refractivity contribution is 5.80. The Morgan fingerprint density at radius 3 is 2.66 bits per heavy atom. The molecule has 0 radical (unpaired) electrons. The SMILES string of the molecule is CCc1ccc2[nH]c(=O)c(C(c3nnnn3CC3CCCO3)N3CCN(c4ccc(F)cc4)CC3)cc2c1. The number of benzene rings is 2. The number of H-pyrrole nitrogens is 1. The van der Waals surface area contributed by atoms with Gasteiger partial charge in [0, 0.05) is 49.6 Å². The van der Waals surface area contributed by atoms with Gasteiger partial charge >= 0.3 is 0 Å². The number of piperazine rings is 1. The lowest BCUT2D eigenvalue weighted by Gasteiger charge is -2.39. The summed E-state index contributed by atoms with van der Waals surface area (Å²) in [5.74, 6) is 0.402. The fourth-order valence-corrected chi connectivity index (χ4v) is 5.60. The molecule has 2 saturated heterocycles. The van der Waals surface area contributed by atoms with E-state index < -0.39 is 6.04 Å². The van der Waals surface area contributed by atoms with Crippen molar-refractivity contribution in [1.29, 1.82) is 0 Å². The first-order chi connectivity index (χ1) is 18.6. The highest BCUT2D eigenvalue weighted by Crippen LogP contribution is 2.30. The monoisotopic (exact) mass is 517 g/mol. The van der Waals surface area contributed by atoms with E-state index in [1.807, 2.05) is 30.3 Å². The Hall–Kier alpha value is -3.63. The lowest BCUT2D eigenvalue weighted by Crippen LogP contribution is -2.49. The van der Waals surface area contributed by atoms with Crippen LogP contribution in [-0.4, -0.2) is 69.0 Å². The predicted octanol–water partition coefficient (Wildman–Crippen LogP) is 3.31. The van der Waals surface area contributed by atoms with E-state index in [2.05, 4.69) is 43.3 Å². The molecule has 198 valence electrons. The van der Waals surface area contributed by atoms with Gasteiger partial charge in [0.05, 0.1) is 12.6 Å². The first-order valence-electron chi connectivity index (χ1n) is 13.4. The van der Waals surface area contributed by atoms with Gasteiger partial charge in [-0.05, 0) is 83.1 Å². The topological polar surface area (TPSA) is 92.2 Å². The van der Waals surface area contributed by atoms with Crippen molar-refractivity contribution in [3.8, 4) is 0 Å². The Balaban J connectivity index is 1.36. The van der Waals surface area contributed by atoms with E-state index in [1.54, 1.807) is 4.68 Å². The van der Waals surface area contributed by atoms with Gasteiger partial charge in [0.1, 0.15) is 11.9 Å². The van der Waals surface area contributed by atoms with Crippen LogP contribution >= 0.6 is 0 Å². The van der Waals surface area contributed by atoms with Crippen LogP contribution in [0.1, 0.15) is 42.8 Å². The quantitative estimate of drug-likeness (QED) is 0.402. The maximum Gasteiger partial charge on any atom is 0.253 e. The van der Waals surface area contributed by atoms with Crippen molar-refractivity contribution in [3.63, 3.8) is 0 Å². The van der Waals surface area contributed by atoms with Crippen LogP contribution in [0, 0.1) is 5.82 Å². The van der Waals surface area contributed by atoms with E-state index in [-0.39, 0.29) is 17.5 Å². The summed E-state index contributed by atoms with van der Waals surface area (Å²) in [5, 5.41) is 13.8. The third kappa shape index (κ3) is 4.93. The fraction of sp³-hybridized carbons (Fsp3) is 0.429. The zero-order valence-corrected chi connectivity index (χ0v) is 21.5. The standard InChI is InChI=1S/C28H32FN7O2/c1-2-19-5-10-25-20(16-19)17-24(28(37)30-25)26(27-31-32-33-36(27)18-23-4-3-15-38-23)35-13-11-34(12-14-35)22-8-6-21(29)7-9-22/h5-10,16-17,23,26H,2-4,11-15,18H2,1H3,(H,30,37). The second-order valence-corrected chi connectivity index (χ2v) is 10.1. The third-order valence-corrected chi connectivity index (χ3v) is 7.72. The van der Waals surface area contributed by atoms with Crippen molar-refractivity contribution in [1.82, 2.24) is 30.1 Å². The molecule has 0 spiro atoms. The van der Waals surface area contributed by atoms with Crippen LogP contribution in [0.4, 0.5) is 10.1 Å². The average molecular weight is 518 g/mol. The molecule has 2 aromatic carbocycles. The lowest BCUT2D eigenvalue weighted by molar-refractivity contribution is 0.0906. The molecule has 6 rings (SSSR count). The van der Waals surface area contributed by atoms with Crippen LogP contribution in [0.2, 0.25) is 0 Å². The summed E-state index contributed by atoms with van der Waals surface area (Å²) in [6.45, 7) is 6.29. The number of aromatic amines is 1. The van der Waals surface area contributed by atoms with Crippen LogP contribution in [0.15, 0.2) is 53.3 Å². The maximum absolute atomic E-state index is 13.5. The van der Waals surface area contributed by atoms with Crippen LogP contribution in [0.5, 0.6) is 0 Å². The number of nitrogens with zero attached hydrogens (tertiary/aromatic N) is 6. The molecule has 2 unspecified atom stereocenters. The molecule has 2 aromatic heterocycles. The van der Waals surface area contributed by atoms with Gasteiger partial charge in [-0.2, -0.15) is 0 Å². The van der Waals surface area contributed by atoms with Gasteiger partial charge in [-0.25, -0.2) is 9.07 Å².